The Hall–Kier alpha value is -3.77. The van der Waals surface area contributed by atoms with Crippen LogP contribution in [0.4, 0.5) is 28.9 Å². The van der Waals surface area contributed by atoms with E-state index in [4.69, 9.17) is 0 Å². The van der Waals surface area contributed by atoms with Gasteiger partial charge >= 0.3 is 5.69 Å². The van der Waals surface area contributed by atoms with E-state index in [2.05, 4.69) is 15.5 Å². The summed E-state index contributed by atoms with van der Waals surface area (Å²) in [4.78, 5) is 22.7. The third-order valence-electron chi connectivity index (χ3n) is 3.95. The average Bonchev–Trinajstić information content (AvgIpc) is 3.30. The van der Waals surface area contributed by atoms with Crippen LogP contribution in [0.25, 0.3) is 0 Å². The molecule has 0 spiro atoms. The van der Waals surface area contributed by atoms with Gasteiger partial charge in [0.15, 0.2) is 17.5 Å². The van der Waals surface area contributed by atoms with Crippen molar-refractivity contribution >= 4 is 17.3 Å². The van der Waals surface area contributed by atoms with Gasteiger partial charge in [0.25, 0.3) is 5.91 Å². The summed E-state index contributed by atoms with van der Waals surface area (Å²) in [7, 11) is 0. The monoisotopic (exact) mass is 412 g/mol. The maximum atomic E-state index is 13.8. The fraction of sp³-hybridized carbons (Fsp3) is 0.188. The van der Waals surface area contributed by atoms with Crippen molar-refractivity contribution in [2.45, 2.75) is 20.0 Å². The van der Waals surface area contributed by atoms with Gasteiger partial charge in [-0.05, 0) is 6.92 Å². The van der Waals surface area contributed by atoms with Gasteiger partial charge in [-0.2, -0.15) is 10.2 Å². The van der Waals surface area contributed by atoms with Crippen LogP contribution in [0.15, 0.2) is 24.7 Å². The Morgan fingerprint density at radius 1 is 1.17 bits per heavy atom. The molecule has 1 aromatic carbocycles. The number of carbonyl (C=O) groups excluding carboxylic acids is 1. The lowest BCUT2D eigenvalue weighted by Gasteiger charge is -2.07. The molecule has 29 heavy (non-hydrogen) atoms. The van der Waals surface area contributed by atoms with Crippen LogP contribution in [0.5, 0.6) is 0 Å². The topological polar surface area (TPSA) is 108 Å². The number of rotatable bonds is 6. The molecular formula is C16H12F4N6O3. The van der Waals surface area contributed by atoms with E-state index in [1.807, 2.05) is 0 Å². The predicted molar refractivity (Wildman–Crippen MR) is 90.1 cm³/mol. The number of carbonyl (C=O) groups is 1. The molecule has 0 atom stereocenters. The lowest BCUT2D eigenvalue weighted by atomic mass is 10.2. The highest BCUT2D eigenvalue weighted by atomic mass is 19.2. The van der Waals surface area contributed by atoms with E-state index in [1.165, 1.54) is 0 Å². The number of benzene rings is 1. The van der Waals surface area contributed by atoms with Crippen molar-refractivity contribution in [2.24, 2.45) is 0 Å². The zero-order valence-corrected chi connectivity index (χ0v) is 14.7. The molecule has 152 valence electrons. The van der Waals surface area contributed by atoms with Crippen LogP contribution >= 0.6 is 0 Å². The molecule has 9 nitrogen and oxygen atoms in total. The number of nitrogens with zero attached hydrogens (tertiary/aromatic N) is 5. The summed E-state index contributed by atoms with van der Waals surface area (Å²) in [5, 5.41) is 21.0. The molecule has 2 heterocycles. The van der Waals surface area contributed by atoms with Crippen molar-refractivity contribution in [1.82, 2.24) is 19.6 Å². The van der Waals surface area contributed by atoms with E-state index < -0.39 is 51.9 Å². The Morgan fingerprint density at radius 2 is 1.90 bits per heavy atom. The Bertz CT molecular complexity index is 1110. The van der Waals surface area contributed by atoms with E-state index in [0.717, 1.165) is 28.0 Å². The quantitative estimate of drug-likeness (QED) is 0.220. The molecule has 2 aromatic heterocycles. The molecule has 0 saturated carbocycles. The number of halogens is 4. The number of hydrogen-bond acceptors (Lipinski definition) is 5. The van der Waals surface area contributed by atoms with E-state index in [1.54, 1.807) is 6.92 Å². The third-order valence-corrected chi connectivity index (χ3v) is 3.95. The van der Waals surface area contributed by atoms with Gasteiger partial charge in [-0.1, -0.05) is 0 Å². The Balaban J connectivity index is 1.82. The zero-order chi connectivity index (χ0) is 21.3. The van der Waals surface area contributed by atoms with Gasteiger partial charge in [-0.3, -0.25) is 24.3 Å². The number of nitrogens with one attached hydrogen (secondary N) is 1. The minimum absolute atomic E-state index is 0.0524. The highest BCUT2D eigenvalue weighted by molar-refractivity contribution is 6.05. The Labute approximate surface area is 159 Å². The molecule has 0 radical (unpaired) electrons. The molecule has 1 N–H and O–H groups in total. The summed E-state index contributed by atoms with van der Waals surface area (Å²) >= 11 is 0. The SMILES string of the molecule is CCn1ncc([N+](=O)[O-])c1C(=O)Nc1cnn(Cc2c(F)cc(F)c(F)c2F)c1. The molecule has 13 heteroatoms. The number of aromatic nitrogens is 4. The molecule has 0 aliphatic rings. The first-order chi connectivity index (χ1) is 13.7. The number of hydrogen-bond donors (Lipinski definition) is 1. The zero-order valence-electron chi connectivity index (χ0n) is 14.7. The Kier molecular flexibility index (Phi) is 5.30. The number of anilines is 1. The van der Waals surface area contributed by atoms with E-state index >= 15 is 0 Å². The minimum Gasteiger partial charge on any atom is -0.318 e. The first-order valence-electron chi connectivity index (χ1n) is 8.08. The first kappa shape index (κ1) is 20.0. The van der Waals surface area contributed by atoms with Gasteiger partial charge in [0.05, 0.1) is 23.4 Å². The highest BCUT2D eigenvalue weighted by Gasteiger charge is 2.27. The van der Waals surface area contributed by atoms with Crippen LogP contribution in [-0.4, -0.2) is 30.4 Å². The second kappa shape index (κ2) is 7.69. The molecule has 1 amide bonds. The molecule has 0 aliphatic heterocycles. The van der Waals surface area contributed by atoms with Gasteiger partial charge < -0.3 is 5.32 Å². The molecule has 0 fully saturated rings. The molecule has 0 saturated heterocycles. The normalized spacial score (nSPS) is 10.9. The summed E-state index contributed by atoms with van der Waals surface area (Å²) in [5.41, 5.74) is -1.49. The highest BCUT2D eigenvalue weighted by Crippen LogP contribution is 2.22. The molecule has 3 aromatic rings. The smallest absolute Gasteiger partial charge is 0.318 e. The fourth-order valence-corrected chi connectivity index (χ4v) is 2.60. The van der Waals surface area contributed by atoms with E-state index in [0.29, 0.717) is 0 Å². The van der Waals surface area contributed by atoms with Crippen molar-refractivity contribution in [3.05, 3.63) is 69.3 Å². The van der Waals surface area contributed by atoms with Gasteiger partial charge in [-0.15, -0.1) is 0 Å². The van der Waals surface area contributed by atoms with Crippen LogP contribution < -0.4 is 5.32 Å². The van der Waals surface area contributed by atoms with Crippen LogP contribution in [-0.2, 0) is 13.1 Å². The van der Waals surface area contributed by atoms with Crippen LogP contribution in [0.3, 0.4) is 0 Å². The molecule has 0 bridgehead atoms. The summed E-state index contributed by atoms with van der Waals surface area (Å²) in [6, 6.07) is 0.213. The van der Waals surface area contributed by atoms with Crippen LogP contribution in [0, 0.1) is 33.4 Å². The van der Waals surface area contributed by atoms with Crippen molar-refractivity contribution in [3.8, 4) is 0 Å². The van der Waals surface area contributed by atoms with Gasteiger partial charge in [0.1, 0.15) is 12.0 Å². The summed E-state index contributed by atoms with van der Waals surface area (Å²) < 4.78 is 56.0. The molecule has 0 unspecified atom stereocenters. The summed E-state index contributed by atoms with van der Waals surface area (Å²) in [5.74, 6) is -7.31. The van der Waals surface area contributed by atoms with Gasteiger partial charge in [0.2, 0.25) is 5.69 Å². The van der Waals surface area contributed by atoms with Crippen molar-refractivity contribution in [1.29, 1.82) is 0 Å². The largest absolute Gasteiger partial charge is 0.320 e. The Morgan fingerprint density at radius 3 is 2.55 bits per heavy atom. The average molecular weight is 412 g/mol. The standard InChI is InChI=1S/C16H12F4N6O3/c1-2-25-15(12(5-22-25)26(28)29)16(27)23-8-4-21-24(6-8)7-9-10(17)3-11(18)14(20)13(9)19/h3-6H,2,7H2,1H3,(H,23,27). The van der Waals surface area contributed by atoms with Crippen LogP contribution in [0.2, 0.25) is 0 Å². The fourth-order valence-electron chi connectivity index (χ4n) is 2.60. The van der Waals surface area contributed by atoms with Crippen molar-refractivity contribution < 1.29 is 27.3 Å². The second-order valence-electron chi connectivity index (χ2n) is 5.78. The third kappa shape index (κ3) is 3.79. The lowest BCUT2D eigenvalue weighted by Crippen LogP contribution is -2.18. The number of nitro groups is 1. The second-order valence-corrected chi connectivity index (χ2v) is 5.78. The van der Waals surface area contributed by atoms with Crippen LogP contribution in [0.1, 0.15) is 23.0 Å². The van der Waals surface area contributed by atoms with Crippen molar-refractivity contribution in [3.63, 3.8) is 0 Å². The maximum absolute atomic E-state index is 13.8. The van der Waals surface area contributed by atoms with Gasteiger partial charge in [0, 0.05) is 24.4 Å². The molecular weight excluding hydrogens is 400 g/mol. The summed E-state index contributed by atoms with van der Waals surface area (Å²) in [6.45, 7) is 1.25. The maximum Gasteiger partial charge on any atom is 0.320 e. The number of amides is 1. The predicted octanol–water partition coefficient (Wildman–Crippen LogP) is 2.86. The molecule has 0 aliphatic carbocycles. The lowest BCUT2D eigenvalue weighted by molar-refractivity contribution is -0.385. The minimum atomic E-state index is -1.82. The summed E-state index contributed by atoms with van der Waals surface area (Å²) in [6.07, 6.45) is 3.22. The van der Waals surface area contributed by atoms with Crippen molar-refractivity contribution in [2.75, 3.05) is 5.32 Å². The number of aryl methyl sites for hydroxylation is 1. The van der Waals surface area contributed by atoms with E-state index in [9.17, 15) is 32.5 Å². The first-order valence-corrected chi connectivity index (χ1v) is 8.08. The van der Waals surface area contributed by atoms with Gasteiger partial charge in [-0.25, -0.2) is 17.6 Å². The van der Waals surface area contributed by atoms with E-state index in [-0.39, 0.29) is 24.0 Å². The molecule has 3 rings (SSSR count).